The Morgan fingerprint density at radius 2 is 2.14 bits per heavy atom. The molecule has 0 amide bonds. The third kappa shape index (κ3) is 3.43. The van der Waals surface area contributed by atoms with Crippen LogP contribution >= 0.6 is 0 Å². The second-order valence-electron chi connectivity index (χ2n) is 5.29. The third-order valence-electron chi connectivity index (χ3n) is 3.60. The number of morpholine rings is 1. The summed E-state index contributed by atoms with van der Waals surface area (Å²) in [5, 5.41) is 0. The summed E-state index contributed by atoms with van der Waals surface area (Å²) in [6.45, 7) is 5.55. The Bertz CT molecular complexity index is 579. The highest BCUT2D eigenvalue weighted by Gasteiger charge is 2.18. The topological polar surface area (TPSA) is 47.7 Å². The van der Waals surface area contributed by atoms with Crippen LogP contribution in [0, 0.1) is 0 Å². The molecule has 0 bridgehead atoms. The number of rotatable bonds is 4. The highest BCUT2D eigenvalue weighted by Crippen LogP contribution is 2.22. The summed E-state index contributed by atoms with van der Waals surface area (Å²) in [5.41, 5.74) is 1.91. The molecule has 5 heteroatoms. The van der Waals surface area contributed by atoms with Gasteiger partial charge in [-0.25, -0.2) is 4.98 Å². The minimum atomic E-state index is 0.284. The largest absolute Gasteiger partial charge is 0.497 e. The first-order valence-electron chi connectivity index (χ1n) is 7.17. The first-order chi connectivity index (χ1) is 10.2. The third-order valence-corrected chi connectivity index (χ3v) is 3.60. The van der Waals surface area contributed by atoms with Crippen molar-refractivity contribution in [3.05, 3.63) is 36.2 Å². The van der Waals surface area contributed by atoms with E-state index in [9.17, 15) is 0 Å². The number of ether oxygens (including phenoxy) is 2. The number of methoxy groups -OCH3 is 1. The van der Waals surface area contributed by atoms with Crippen LogP contribution in [0.2, 0.25) is 0 Å². The standard InChI is InChI=1S/C16H20N2O3/c1-12-9-18(7-8-20-12)10-14-11-21-16(17-14)13-3-5-15(19-2)6-4-13/h3-6,11-12H,7-10H2,1-2H3. The lowest BCUT2D eigenvalue weighted by Crippen LogP contribution is -2.40. The first kappa shape index (κ1) is 14.1. The average molecular weight is 288 g/mol. The van der Waals surface area contributed by atoms with Crippen molar-refractivity contribution in [2.75, 3.05) is 26.8 Å². The number of oxazole rings is 1. The van der Waals surface area contributed by atoms with Crippen LogP contribution in [0.3, 0.4) is 0 Å². The molecular formula is C16H20N2O3. The van der Waals surface area contributed by atoms with Crippen LogP contribution in [0.1, 0.15) is 12.6 Å². The van der Waals surface area contributed by atoms with Crippen LogP contribution in [0.15, 0.2) is 34.9 Å². The molecule has 1 atom stereocenters. The Morgan fingerprint density at radius 1 is 1.33 bits per heavy atom. The van der Waals surface area contributed by atoms with E-state index in [-0.39, 0.29) is 6.10 Å². The van der Waals surface area contributed by atoms with Gasteiger partial charge in [-0.1, -0.05) is 0 Å². The number of aromatic nitrogens is 1. The minimum absolute atomic E-state index is 0.284. The van der Waals surface area contributed by atoms with Gasteiger partial charge in [0, 0.05) is 25.2 Å². The fourth-order valence-corrected chi connectivity index (χ4v) is 2.51. The van der Waals surface area contributed by atoms with Crippen LogP contribution in [0.25, 0.3) is 11.5 Å². The van der Waals surface area contributed by atoms with Crippen LogP contribution in [0.4, 0.5) is 0 Å². The molecule has 2 aromatic rings. The van der Waals surface area contributed by atoms with E-state index in [1.165, 1.54) is 0 Å². The minimum Gasteiger partial charge on any atom is -0.497 e. The molecule has 3 rings (SSSR count). The maximum atomic E-state index is 5.58. The SMILES string of the molecule is COc1ccc(-c2nc(CN3CCOC(C)C3)co2)cc1. The molecule has 1 fully saturated rings. The van der Waals surface area contributed by atoms with Crippen LogP contribution in [0.5, 0.6) is 5.75 Å². The van der Waals surface area contributed by atoms with Gasteiger partial charge in [-0.05, 0) is 31.2 Å². The van der Waals surface area contributed by atoms with E-state index in [2.05, 4.69) is 16.8 Å². The van der Waals surface area contributed by atoms with Crippen molar-refractivity contribution >= 4 is 0 Å². The van der Waals surface area contributed by atoms with E-state index in [4.69, 9.17) is 13.9 Å². The maximum Gasteiger partial charge on any atom is 0.226 e. The summed E-state index contributed by atoms with van der Waals surface area (Å²) in [6.07, 6.45) is 2.02. The summed E-state index contributed by atoms with van der Waals surface area (Å²) in [7, 11) is 1.65. The van der Waals surface area contributed by atoms with Gasteiger partial charge in [0.25, 0.3) is 0 Å². The van der Waals surface area contributed by atoms with E-state index < -0.39 is 0 Å². The highest BCUT2D eigenvalue weighted by molar-refractivity contribution is 5.54. The normalized spacial score (nSPS) is 19.6. The highest BCUT2D eigenvalue weighted by atomic mass is 16.5. The Morgan fingerprint density at radius 3 is 2.86 bits per heavy atom. The maximum absolute atomic E-state index is 5.58. The zero-order valence-corrected chi connectivity index (χ0v) is 12.4. The molecule has 2 heterocycles. The number of hydrogen-bond donors (Lipinski definition) is 0. The number of nitrogens with zero attached hydrogens (tertiary/aromatic N) is 2. The zero-order chi connectivity index (χ0) is 14.7. The van der Waals surface area contributed by atoms with Crippen molar-refractivity contribution in [2.45, 2.75) is 19.6 Å². The van der Waals surface area contributed by atoms with E-state index in [0.29, 0.717) is 5.89 Å². The second-order valence-corrected chi connectivity index (χ2v) is 5.29. The second kappa shape index (κ2) is 6.28. The number of hydrogen-bond acceptors (Lipinski definition) is 5. The van der Waals surface area contributed by atoms with Gasteiger partial charge in [0.05, 0.1) is 25.5 Å². The zero-order valence-electron chi connectivity index (χ0n) is 12.4. The van der Waals surface area contributed by atoms with Crippen molar-refractivity contribution in [1.29, 1.82) is 0 Å². The van der Waals surface area contributed by atoms with Crippen molar-refractivity contribution in [3.63, 3.8) is 0 Å². The summed E-state index contributed by atoms with van der Waals surface area (Å²) in [6, 6.07) is 7.71. The Hall–Kier alpha value is -1.85. The van der Waals surface area contributed by atoms with Crippen LogP contribution < -0.4 is 4.74 Å². The number of benzene rings is 1. The van der Waals surface area contributed by atoms with E-state index in [1.54, 1.807) is 13.4 Å². The van der Waals surface area contributed by atoms with E-state index in [0.717, 1.165) is 43.2 Å². The molecule has 1 aliphatic rings. The fraction of sp³-hybridized carbons (Fsp3) is 0.438. The van der Waals surface area contributed by atoms with Crippen molar-refractivity contribution in [1.82, 2.24) is 9.88 Å². The monoisotopic (exact) mass is 288 g/mol. The molecule has 112 valence electrons. The molecule has 1 unspecified atom stereocenters. The summed E-state index contributed by atoms with van der Waals surface area (Å²) >= 11 is 0. The van der Waals surface area contributed by atoms with Gasteiger partial charge in [0.2, 0.25) is 5.89 Å². The molecule has 5 nitrogen and oxygen atoms in total. The Balaban J connectivity index is 1.67. The Labute approximate surface area is 124 Å². The molecule has 1 saturated heterocycles. The van der Waals surface area contributed by atoms with Gasteiger partial charge in [-0.3, -0.25) is 4.90 Å². The molecule has 0 N–H and O–H groups in total. The van der Waals surface area contributed by atoms with Crippen LogP contribution in [-0.2, 0) is 11.3 Å². The molecule has 1 aliphatic heterocycles. The van der Waals surface area contributed by atoms with E-state index >= 15 is 0 Å². The van der Waals surface area contributed by atoms with Gasteiger partial charge < -0.3 is 13.9 Å². The predicted octanol–water partition coefficient (Wildman–Crippen LogP) is 2.57. The predicted molar refractivity (Wildman–Crippen MR) is 79.2 cm³/mol. The average Bonchev–Trinajstić information content (AvgIpc) is 2.96. The van der Waals surface area contributed by atoms with Crippen molar-refractivity contribution in [3.8, 4) is 17.2 Å². The Kier molecular flexibility index (Phi) is 4.22. The lowest BCUT2D eigenvalue weighted by Gasteiger charge is -2.30. The van der Waals surface area contributed by atoms with Gasteiger partial charge in [-0.2, -0.15) is 0 Å². The molecule has 21 heavy (non-hydrogen) atoms. The van der Waals surface area contributed by atoms with Crippen LogP contribution in [-0.4, -0.2) is 42.8 Å². The molecule has 1 aromatic carbocycles. The summed E-state index contributed by atoms with van der Waals surface area (Å²) in [4.78, 5) is 6.90. The fourth-order valence-electron chi connectivity index (χ4n) is 2.51. The van der Waals surface area contributed by atoms with Gasteiger partial charge >= 0.3 is 0 Å². The van der Waals surface area contributed by atoms with Crippen molar-refractivity contribution in [2.24, 2.45) is 0 Å². The van der Waals surface area contributed by atoms with Crippen molar-refractivity contribution < 1.29 is 13.9 Å². The molecule has 0 radical (unpaired) electrons. The summed E-state index contributed by atoms with van der Waals surface area (Å²) in [5.74, 6) is 1.47. The summed E-state index contributed by atoms with van der Waals surface area (Å²) < 4.78 is 16.3. The molecule has 0 aliphatic carbocycles. The molecular weight excluding hydrogens is 268 g/mol. The molecule has 0 saturated carbocycles. The smallest absolute Gasteiger partial charge is 0.226 e. The van der Waals surface area contributed by atoms with E-state index in [1.807, 2.05) is 24.3 Å². The lowest BCUT2D eigenvalue weighted by atomic mass is 10.2. The first-order valence-corrected chi connectivity index (χ1v) is 7.17. The quantitative estimate of drug-likeness (QED) is 0.865. The van der Waals surface area contributed by atoms with Gasteiger partial charge in [0.15, 0.2) is 0 Å². The lowest BCUT2D eigenvalue weighted by molar-refractivity contribution is -0.0215. The van der Waals surface area contributed by atoms with Gasteiger partial charge in [-0.15, -0.1) is 0 Å². The molecule has 1 aromatic heterocycles. The molecule has 0 spiro atoms. The van der Waals surface area contributed by atoms with Gasteiger partial charge in [0.1, 0.15) is 12.0 Å².